The molecule has 0 aliphatic rings. The van der Waals surface area contributed by atoms with Crippen molar-refractivity contribution in [2.75, 3.05) is 12.8 Å². The lowest BCUT2D eigenvalue weighted by Gasteiger charge is -2.04. The number of methoxy groups -OCH3 is 1. The molecule has 0 aliphatic heterocycles. The Morgan fingerprint density at radius 1 is 1.54 bits per heavy atom. The average molecular weight is 202 g/mol. The second-order valence-corrected chi connectivity index (χ2v) is 2.67. The first-order valence-electron chi connectivity index (χ1n) is 3.44. The first-order chi connectivity index (χ1) is 6.06. The first kappa shape index (κ1) is 9.73. The molecule has 0 radical (unpaired) electrons. The van der Waals surface area contributed by atoms with Gasteiger partial charge in [-0.25, -0.2) is 9.97 Å². The number of Topliss-reactive ketones (excluding diaryl/α,β-unsaturated/α-hetero) is 1. The van der Waals surface area contributed by atoms with E-state index in [2.05, 4.69) is 9.97 Å². The summed E-state index contributed by atoms with van der Waals surface area (Å²) in [5.41, 5.74) is 5.47. The molecular weight excluding hydrogens is 194 g/mol. The third kappa shape index (κ3) is 1.86. The molecule has 0 fully saturated rings. The molecule has 0 aromatic carbocycles. The molecular formula is C7H8ClN3O2. The van der Waals surface area contributed by atoms with E-state index >= 15 is 0 Å². The van der Waals surface area contributed by atoms with Crippen molar-refractivity contribution in [2.24, 2.45) is 0 Å². The molecule has 0 amide bonds. The minimum atomic E-state index is -0.282. The van der Waals surface area contributed by atoms with E-state index in [-0.39, 0.29) is 28.3 Å². The number of aromatic nitrogens is 2. The van der Waals surface area contributed by atoms with Crippen LogP contribution in [0.5, 0.6) is 5.88 Å². The van der Waals surface area contributed by atoms with Crippen LogP contribution in [0.3, 0.4) is 0 Å². The van der Waals surface area contributed by atoms with Crippen molar-refractivity contribution >= 4 is 23.2 Å². The molecule has 6 heteroatoms. The van der Waals surface area contributed by atoms with Gasteiger partial charge in [-0.05, 0) is 0 Å². The molecule has 1 aromatic heterocycles. The smallest absolute Gasteiger partial charge is 0.257 e. The number of anilines is 1. The Labute approximate surface area is 79.9 Å². The molecule has 0 atom stereocenters. The van der Waals surface area contributed by atoms with Crippen LogP contribution in [0.25, 0.3) is 0 Å². The molecule has 0 unspecified atom stereocenters. The maximum absolute atomic E-state index is 11.0. The number of hydrogen-bond donors (Lipinski definition) is 1. The number of rotatable bonds is 2. The van der Waals surface area contributed by atoms with Gasteiger partial charge in [0.05, 0.1) is 7.11 Å². The van der Waals surface area contributed by atoms with Crippen molar-refractivity contribution < 1.29 is 9.53 Å². The fourth-order valence-corrected chi connectivity index (χ4v) is 1.05. The number of ether oxygens (including phenoxy) is 1. The summed E-state index contributed by atoms with van der Waals surface area (Å²) in [5.74, 6) is -0.108. The predicted octanol–water partition coefficient (Wildman–Crippen LogP) is 0.923. The van der Waals surface area contributed by atoms with E-state index in [1.165, 1.54) is 14.0 Å². The summed E-state index contributed by atoms with van der Waals surface area (Å²) < 4.78 is 4.78. The van der Waals surface area contributed by atoms with Crippen molar-refractivity contribution in [3.05, 3.63) is 10.8 Å². The van der Waals surface area contributed by atoms with Gasteiger partial charge in [0.1, 0.15) is 5.69 Å². The highest BCUT2D eigenvalue weighted by Gasteiger charge is 2.13. The van der Waals surface area contributed by atoms with Crippen LogP contribution in [0, 0.1) is 0 Å². The lowest BCUT2D eigenvalue weighted by Crippen LogP contribution is -2.06. The average Bonchev–Trinajstić information content (AvgIpc) is 2.03. The molecule has 0 spiro atoms. The highest BCUT2D eigenvalue weighted by atomic mass is 35.5. The summed E-state index contributed by atoms with van der Waals surface area (Å²) >= 11 is 5.62. The molecule has 0 aliphatic carbocycles. The quantitative estimate of drug-likeness (QED) is 0.720. The second-order valence-electron chi connectivity index (χ2n) is 2.31. The molecule has 0 saturated carbocycles. The van der Waals surface area contributed by atoms with Crippen molar-refractivity contribution in [2.45, 2.75) is 6.92 Å². The van der Waals surface area contributed by atoms with Gasteiger partial charge in [0, 0.05) is 6.92 Å². The maximum atomic E-state index is 11.0. The zero-order chi connectivity index (χ0) is 10.0. The van der Waals surface area contributed by atoms with Crippen LogP contribution in [0.4, 0.5) is 5.82 Å². The summed E-state index contributed by atoms with van der Waals surface area (Å²) in [6.07, 6.45) is 0. The fourth-order valence-electron chi connectivity index (χ4n) is 0.786. The number of halogens is 1. The third-order valence-corrected chi connectivity index (χ3v) is 1.64. The van der Waals surface area contributed by atoms with Crippen LogP contribution < -0.4 is 10.5 Å². The number of nitrogen functional groups attached to an aromatic ring is 1. The Balaban J connectivity index is 3.30. The van der Waals surface area contributed by atoms with Crippen LogP contribution in [-0.2, 0) is 0 Å². The zero-order valence-corrected chi connectivity index (χ0v) is 7.92. The zero-order valence-electron chi connectivity index (χ0n) is 7.17. The molecule has 70 valence electrons. The number of nitrogens with two attached hydrogens (primary N) is 1. The van der Waals surface area contributed by atoms with Crippen LogP contribution in [0.1, 0.15) is 17.4 Å². The van der Waals surface area contributed by atoms with Crippen LogP contribution in [-0.4, -0.2) is 22.9 Å². The summed E-state index contributed by atoms with van der Waals surface area (Å²) in [6.45, 7) is 1.34. The fraction of sp³-hybridized carbons (Fsp3) is 0.286. The molecule has 1 aromatic rings. The summed E-state index contributed by atoms with van der Waals surface area (Å²) in [6, 6.07) is 0. The van der Waals surface area contributed by atoms with Gasteiger partial charge in [0.15, 0.2) is 16.8 Å². The Morgan fingerprint density at radius 2 is 2.15 bits per heavy atom. The minimum Gasteiger partial charge on any atom is -0.478 e. The van der Waals surface area contributed by atoms with E-state index in [1.54, 1.807) is 0 Å². The van der Waals surface area contributed by atoms with Crippen LogP contribution in [0.2, 0.25) is 5.15 Å². The van der Waals surface area contributed by atoms with E-state index in [4.69, 9.17) is 22.1 Å². The van der Waals surface area contributed by atoms with Crippen molar-refractivity contribution in [3.63, 3.8) is 0 Å². The van der Waals surface area contributed by atoms with E-state index in [0.29, 0.717) is 0 Å². The van der Waals surface area contributed by atoms with Crippen molar-refractivity contribution in [3.8, 4) is 5.88 Å². The molecule has 5 nitrogen and oxygen atoms in total. The normalized spacial score (nSPS) is 9.77. The number of ketones is 1. The standard InChI is InChI=1S/C7H8ClN3O2/c1-3(12)4-5(8)11-6(9)7(10-4)13-2/h1-2H3,(H2,9,11). The topological polar surface area (TPSA) is 78.1 Å². The number of nitrogens with zero attached hydrogens (tertiary/aromatic N) is 2. The van der Waals surface area contributed by atoms with Gasteiger partial charge in [0.25, 0.3) is 5.88 Å². The molecule has 1 heterocycles. The number of carbonyl (C=O) groups is 1. The monoisotopic (exact) mass is 201 g/mol. The first-order valence-corrected chi connectivity index (χ1v) is 3.82. The lowest BCUT2D eigenvalue weighted by atomic mass is 10.3. The van der Waals surface area contributed by atoms with E-state index in [1.807, 2.05) is 0 Å². The van der Waals surface area contributed by atoms with Gasteiger partial charge in [-0.1, -0.05) is 11.6 Å². The summed E-state index contributed by atoms with van der Waals surface area (Å²) in [4.78, 5) is 18.5. The maximum Gasteiger partial charge on any atom is 0.257 e. The molecule has 0 saturated heterocycles. The SMILES string of the molecule is COc1nc(C(C)=O)c(Cl)nc1N. The van der Waals surface area contributed by atoms with Gasteiger partial charge in [-0.2, -0.15) is 0 Å². The highest BCUT2D eigenvalue weighted by molar-refractivity contribution is 6.32. The summed E-state index contributed by atoms with van der Waals surface area (Å²) in [5, 5.41) is -0.00852. The van der Waals surface area contributed by atoms with Gasteiger partial charge in [-0.3, -0.25) is 4.79 Å². The number of carbonyl (C=O) groups excluding carboxylic acids is 1. The van der Waals surface area contributed by atoms with Gasteiger partial charge in [0.2, 0.25) is 0 Å². The predicted molar refractivity (Wildman–Crippen MR) is 48.0 cm³/mol. The van der Waals surface area contributed by atoms with Crippen molar-refractivity contribution in [1.82, 2.24) is 9.97 Å². The van der Waals surface area contributed by atoms with E-state index < -0.39 is 0 Å². The van der Waals surface area contributed by atoms with E-state index in [0.717, 1.165) is 0 Å². The molecule has 1 rings (SSSR count). The number of hydrogen-bond acceptors (Lipinski definition) is 5. The summed E-state index contributed by atoms with van der Waals surface area (Å²) in [7, 11) is 1.39. The van der Waals surface area contributed by atoms with E-state index in [9.17, 15) is 4.79 Å². The van der Waals surface area contributed by atoms with Crippen molar-refractivity contribution in [1.29, 1.82) is 0 Å². The Morgan fingerprint density at radius 3 is 2.62 bits per heavy atom. The third-order valence-electron chi connectivity index (χ3n) is 1.37. The molecule has 13 heavy (non-hydrogen) atoms. The minimum absolute atomic E-state index is 0.00852. The largest absolute Gasteiger partial charge is 0.478 e. The van der Waals surface area contributed by atoms with Gasteiger partial charge in [-0.15, -0.1) is 0 Å². The second kappa shape index (κ2) is 3.57. The Kier molecular flexibility index (Phi) is 2.67. The van der Waals surface area contributed by atoms with Gasteiger partial charge >= 0.3 is 0 Å². The molecule has 0 bridgehead atoms. The van der Waals surface area contributed by atoms with Crippen LogP contribution in [0.15, 0.2) is 0 Å². The van der Waals surface area contributed by atoms with Gasteiger partial charge < -0.3 is 10.5 Å². The lowest BCUT2D eigenvalue weighted by molar-refractivity contribution is 0.101. The molecule has 2 N–H and O–H groups in total. The Hall–Kier alpha value is -1.36. The Bertz CT molecular complexity index is 354. The van der Waals surface area contributed by atoms with Crippen LogP contribution >= 0.6 is 11.6 Å². The highest BCUT2D eigenvalue weighted by Crippen LogP contribution is 2.21.